The summed E-state index contributed by atoms with van der Waals surface area (Å²) in [7, 11) is 0. The van der Waals surface area contributed by atoms with Crippen molar-refractivity contribution in [2.45, 2.75) is 19.3 Å². The highest BCUT2D eigenvalue weighted by molar-refractivity contribution is 7.20. The summed E-state index contributed by atoms with van der Waals surface area (Å²) in [6.45, 7) is 0.740. The largest absolute Gasteiger partial charge is 0.330 e. The summed E-state index contributed by atoms with van der Waals surface area (Å²) in [6, 6.07) is 1.87. The molecule has 0 unspecified atom stereocenters. The third-order valence-corrected chi connectivity index (χ3v) is 4.73. The molecule has 0 amide bonds. The predicted octanol–water partition coefficient (Wildman–Crippen LogP) is 4.46. The minimum Gasteiger partial charge on any atom is -0.330 e. The van der Waals surface area contributed by atoms with E-state index in [1.165, 1.54) is 11.3 Å². The number of unbranched alkanes of at least 4 members (excludes halogenated alkanes) is 1. The quantitative estimate of drug-likeness (QED) is 0.828. The Labute approximate surface area is 118 Å². The van der Waals surface area contributed by atoms with E-state index < -0.39 is 0 Å². The maximum atomic E-state index is 6.10. The number of rotatable bonds is 5. The zero-order valence-corrected chi connectivity index (χ0v) is 12.2. The molecule has 17 heavy (non-hydrogen) atoms. The second-order valence-electron chi connectivity index (χ2n) is 3.61. The van der Waals surface area contributed by atoms with E-state index in [0.717, 1.165) is 42.1 Å². The first-order valence-corrected chi connectivity index (χ1v) is 7.75. The molecule has 0 bridgehead atoms. The predicted molar refractivity (Wildman–Crippen MR) is 77.4 cm³/mol. The van der Waals surface area contributed by atoms with Crippen molar-refractivity contribution in [3.63, 3.8) is 0 Å². The minimum absolute atomic E-state index is 0.697. The number of halogens is 2. The van der Waals surface area contributed by atoms with E-state index in [1.807, 2.05) is 11.4 Å². The fourth-order valence-corrected chi connectivity index (χ4v) is 3.81. The summed E-state index contributed by atoms with van der Waals surface area (Å²) < 4.78 is 1.40. The molecule has 0 aliphatic rings. The molecule has 6 heteroatoms. The minimum atomic E-state index is 0.697. The molecule has 0 radical (unpaired) electrons. The van der Waals surface area contributed by atoms with Crippen LogP contribution in [0.3, 0.4) is 0 Å². The Kier molecular flexibility index (Phi) is 4.82. The molecule has 92 valence electrons. The first-order valence-electron chi connectivity index (χ1n) is 5.30. The van der Waals surface area contributed by atoms with Gasteiger partial charge in [0.25, 0.3) is 0 Å². The lowest BCUT2D eigenvalue weighted by Crippen LogP contribution is -1.98. The van der Waals surface area contributed by atoms with Crippen LogP contribution in [0.2, 0.25) is 8.67 Å². The molecule has 2 N–H and O–H groups in total. The van der Waals surface area contributed by atoms with Crippen LogP contribution in [-0.4, -0.2) is 11.5 Å². The average Bonchev–Trinajstić information content (AvgIpc) is 2.86. The van der Waals surface area contributed by atoms with E-state index >= 15 is 0 Å². The molecule has 0 aliphatic carbocycles. The Hall–Kier alpha value is -0.130. The first-order chi connectivity index (χ1) is 8.20. The van der Waals surface area contributed by atoms with E-state index in [9.17, 15) is 0 Å². The summed E-state index contributed by atoms with van der Waals surface area (Å²) in [5.74, 6) is 0. The molecule has 2 aromatic rings. The van der Waals surface area contributed by atoms with Gasteiger partial charge in [0.1, 0.15) is 4.34 Å². The summed E-state index contributed by atoms with van der Waals surface area (Å²) in [6.07, 6.45) is 3.11. The highest BCUT2D eigenvalue weighted by Crippen LogP contribution is 2.38. The monoisotopic (exact) mass is 306 g/mol. The Morgan fingerprint density at radius 1 is 1.29 bits per heavy atom. The smallest absolute Gasteiger partial charge is 0.104 e. The number of thiazole rings is 1. The zero-order chi connectivity index (χ0) is 12.3. The van der Waals surface area contributed by atoms with Crippen molar-refractivity contribution in [2.24, 2.45) is 5.73 Å². The fourth-order valence-electron chi connectivity index (χ4n) is 1.48. The highest BCUT2D eigenvalue weighted by atomic mass is 35.5. The Morgan fingerprint density at radius 2 is 2.12 bits per heavy atom. The van der Waals surface area contributed by atoms with Crippen LogP contribution in [-0.2, 0) is 6.42 Å². The second-order valence-corrected chi connectivity index (χ2v) is 6.84. The number of hydrogen-bond acceptors (Lipinski definition) is 4. The molecule has 0 fully saturated rings. The van der Waals surface area contributed by atoms with Gasteiger partial charge >= 0.3 is 0 Å². The summed E-state index contributed by atoms with van der Waals surface area (Å²) >= 11 is 15.1. The number of thiophene rings is 1. The number of hydrogen-bond donors (Lipinski definition) is 1. The Morgan fingerprint density at radius 3 is 2.76 bits per heavy atom. The first kappa shape index (κ1) is 13.3. The lowest BCUT2D eigenvalue weighted by molar-refractivity contribution is 0.742. The molecule has 0 atom stereocenters. The third kappa shape index (κ3) is 3.42. The standard InChI is InChI=1S/C11H12Cl2N2S2/c12-9-5-7(11(13)17-9)8-6-16-10(15-8)3-1-2-4-14/h5-6H,1-4,14H2. The fraction of sp³-hybridized carbons (Fsp3) is 0.364. The van der Waals surface area contributed by atoms with Gasteiger partial charge in [0, 0.05) is 10.9 Å². The number of nitrogens with zero attached hydrogens (tertiary/aromatic N) is 1. The van der Waals surface area contributed by atoms with Crippen LogP contribution in [0, 0.1) is 0 Å². The van der Waals surface area contributed by atoms with Crippen LogP contribution >= 0.6 is 45.9 Å². The molecule has 2 aromatic heterocycles. The Bertz CT molecular complexity index is 493. The van der Waals surface area contributed by atoms with Gasteiger partial charge in [-0.25, -0.2) is 4.98 Å². The summed E-state index contributed by atoms with van der Waals surface area (Å²) in [5, 5.41) is 3.16. The van der Waals surface area contributed by atoms with E-state index in [2.05, 4.69) is 4.98 Å². The molecule has 0 saturated heterocycles. The molecular formula is C11H12Cl2N2S2. The second kappa shape index (κ2) is 6.16. The van der Waals surface area contributed by atoms with Crippen molar-refractivity contribution in [3.8, 4) is 11.3 Å². The SMILES string of the molecule is NCCCCc1nc(-c2cc(Cl)sc2Cl)cs1. The van der Waals surface area contributed by atoms with Gasteiger partial charge in [-0.2, -0.15) is 0 Å². The van der Waals surface area contributed by atoms with E-state index in [-0.39, 0.29) is 0 Å². The molecule has 0 aliphatic heterocycles. The van der Waals surface area contributed by atoms with Gasteiger partial charge in [0.2, 0.25) is 0 Å². The molecule has 0 aromatic carbocycles. The van der Waals surface area contributed by atoms with Gasteiger partial charge in [-0.3, -0.25) is 0 Å². The van der Waals surface area contributed by atoms with Crippen LogP contribution in [0.1, 0.15) is 17.8 Å². The van der Waals surface area contributed by atoms with Gasteiger partial charge in [-0.05, 0) is 31.9 Å². The van der Waals surface area contributed by atoms with E-state index in [4.69, 9.17) is 28.9 Å². The van der Waals surface area contributed by atoms with E-state index in [1.54, 1.807) is 11.3 Å². The van der Waals surface area contributed by atoms with Crippen LogP contribution in [0.4, 0.5) is 0 Å². The van der Waals surface area contributed by atoms with Crippen molar-refractivity contribution in [1.29, 1.82) is 0 Å². The zero-order valence-electron chi connectivity index (χ0n) is 9.08. The topological polar surface area (TPSA) is 38.9 Å². The normalized spacial score (nSPS) is 11.0. The van der Waals surface area contributed by atoms with Crippen LogP contribution < -0.4 is 5.73 Å². The van der Waals surface area contributed by atoms with Crippen molar-refractivity contribution in [2.75, 3.05) is 6.54 Å². The van der Waals surface area contributed by atoms with Gasteiger partial charge in [-0.15, -0.1) is 22.7 Å². The highest BCUT2D eigenvalue weighted by Gasteiger charge is 2.11. The molecule has 2 nitrogen and oxygen atoms in total. The van der Waals surface area contributed by atoms with Gasteiger partial charge in [0.05, 0.1) is 15.0 Å². The van der Waals surface area contributed by atoms with Crippen molar-refractivity contribution < 1.29 is 0 Å². The van der Waals surface area contributed by atoms with Crippen molar-refractivity contribution >= 4 is 45.9 Å². The van der Waals surface area contributed by atoms with Crippen molar-refractivity contribution in [3.05, 3.63) is 25.1 Å². The Balaban J connectivity index is 2.10. The van der Waals surface area contributed by atoms with Crippen LogP contribution in [0.15, 0.2) is 11.4 Å². The van der Waals surface area contributed by atoms with Gasteiger partial charge in [0.15, 0.2) is 0 Å². The maximum Gasteiger partial charge on any atom is 0.104 e. The number of aryl methyl sites for hydroxylation is 1. The maximum absolute atomic E-state index is 6.10. The summed E-state index contributed by atoms with van der Waals surface area (Å²) in [4.78, 5) is 4.57. The molecule has 0 saturated carbocycles. The van der Waals surface area contributed by atoms with Crippen LogP contribution in [0.5, 0.6) is 0 Å². The van der Waals surface area contributed by atoms with Crippen LogP contribution in [0.25, 0.3) is 11.3 Å². The van der Waals surface area contributed by atoms with E-state index in [0.29, 0.717) is 8.67 Å². The molecule has 0 spiro atoms. The third-order valence-electron chi connectivity index (χ3n) is 2.33. The lowest BCUT2D eigenvalue weighted by atomic mass is 10.2. The average molecular weight is 307 g/mol. The van der Waals surface area contributed by atoms with Gasteiger partial charge < -0.3 is 5.73 Å². The van der Waals surface area contributed by atoms with Crippen molar-refractivity contribution in [1.82, 2.24) is 4.98 Å². The van der Waals surface area contributed by atoms with Gasteiger partial charge in [-0.1, -0.05) is 23.2 Å². The lowest BCUT2D eigenvalue weighted by Gasteiger charge is -1.94. The molecule has 2 heterocycles. The molecular weight excluding hydrogens is 295 g/mol. The number of nitrogens with two attached hydrogens (primary N) is 1. The summed E-state index contributed by atoms with van der Waals surface area (Å²) in [5.41, 5.74) is 7.32. The number of aromatic nitrogens is 1. The molecule has 2 rings (SSSR count).